The van der Waals surface area contributed by atoms with Crippen LogP contribution >= 0.6 is 0 Å². The minimum Gasteiger partial charge on any atom is -0.465 e. The number of carbonyl (C=O) groups excluding carboxylic acids is 1. The van der Waals surface area contributed by atoms with Crippen LogP contribution in [0.2, 0.25) is 0 Å². The summed E-state index contributed by atoms with van der Waals surface area (Å²) in [4.78, 5) is 12.1. The molecule has 0 bridgehead atoms. The zero-order valence-corrected chi connectivity index (χ0v) is 17.6. The van der Waals surface area contributed by atoms with Crippen LogP contribution < -0.4 is 0 Å². The summed E-state index contributed by atoms with van der Waals surface area (Å²) in [7, 11) is 0. The van der Waals surface area contributed by atoms with Gasteiger partial charge in [0, 0.05) is 18.9 Å². The molecule has 0 aromatic rings. The number of rotatable bonds is 19. The summed E-state index contributed by atoms with van der Waals surface area (Å²) in [6.07, 6.45) is 18.4. The van der Waals surface area contributed by atoms with E-state index in [1.807, 2.05) is 0 Å². The molecule has 0 saturated heterocycles. The lowest BCUT2D eigenvalue weighted by Gasteiger charge is -2.17. The normalized spacial score (nSPS) is 12.5. The van der Waals surface area contributed by atoms with Crippen molar-refractivity contribution in [3.63, 3.8) is 0 Å². The van der Waals surface area contributed by atoms with Gasteiger partial charge < -0.3 is 9.84 Å². The molecule has 0 saturated carbocycles. The Morgan fingerprint density at radius 3 is 1.77 bits per heavy atom. The lowest BCUT2D eigenvalue weighted by molar-refractivity contribution is -0.146. The highest BCUT2D eigenvalue weighted by atomic mass is 16.5. The highest BCUT2D eigenvalue weighted by Gasteiger charge is 2.15. The third-order valence-corrected chi connectivity index (χ3v) is 5.13. The number of aliphatic hydroxyl groups is 1. The summed E-state index contributed by atoms with van der Waals surface area (Å²) < 4.78 is 5.28. The van der Waals surface area contributed by atoms with Gasteiger partial charge >= 0.3 is 5.97 Å². The number of unbranched alkanes of at least 4 members (excludes halogenated alkanes) is 10. The van der Waals surface area contributed by atoms with E-state index in [1.165, 1.54) is 77.0 Å². The second-order valence-electron chi connectivity index (χ2n) is 7.91. The third kappa shape index (κ3) is 16.9. The Bertz CT molecular complexity index is 288. The van der Waals surface area contributed by atoms with Gasteiger partial charge in [0.05, 0.1) is 6.61 Å². The van der Waals surface area contributed by atoms with E-state index in [-0.39, 0.29) is 25.1 Å². The smallest absolute Gasteiger partial charge is 0.306 e. The van der Waals surface area contributed by atoms with Gasteiger partial charge in [-0.05, 0) is 25.7 Å². The van der Waals surface area contributed by atoms with Crippen molar-refractivity contribution < 1.29 is 14.6 Å². The molecule has 0 amide bonds. The summed E-state index contributed by atoms with van der Waals surface area (Å²) in [5.41, 5.74) is 0. The fourth-order valence-corrected chi connectivity index (χ4v) is 3.33. The highest BCUT2D eigenvalue weighted by Crippen LogP contribution is 2.22. The van der Waals surface area contributed by atoms with E-state index >= 15 is 0 Å². The van der Waals surface area contributed by atoms with Crippen LogP contribution in [0.4, 0.5) is 0 Å². The standard InChI is InChI=1S/C23H45O3/c1-4-6-8-10-12-14-16-22(17-15-13-11-9-7-5-2)18-23(25)26-20-21(3)19-24/h21-22,24H,3-20H2,1-2H3. The molecule has 1 unspecified atom stereocenters. The molecule has 3 nitrogen and oxygen atoms in total. The Balaban J connectivity index is 4.06. The monoisotopic (exact) mass is 369 g/mol. The summed E-state index contributed by atoms with van der Waals surface area (Å²) >= 11 is 0. The molecule has 1 radical (unpaired) electrons. The van der Waals surface area contributed by atoms with Crippen LogP contribution in [0.1, 0.15) is 110 Å². The van der Waals surface area contributed by atoms with Crippen molar-refractivity contribution in [3.05, 3.63) is 6.92 Å². The fourth-order valence-electron chi connectivity index (χ4n) is 3.33. The Morgan fingerprint density at radius 2 is 1.31 bits per heavy atom. The molecule has 155 valence electrons. The number of carbonyl (C=O) groups is 1. The van der Waals surface area contributed by atoms with Crippen molar-refractivity contribution in [1.29, 1.82) is 0 Å². The van der Waals surface area contributed by atoms with Gasteiger partial charge in [0.1, 0.15) is 0 Å². The van der Waals surface area contributed by atoms with Gasteiger partial charge in [-0.1, -0.05) is 90.9 Å². The maximum absolute atomic E-state index is 12.1. The molecule has 0 aromatic carbocycles. The van der Waals surface area contributed by atoms with E-state index in [0.29, 0.717) is 12.3 Å². The molecule has 0 heterocycles. The van der Waals surface area contributed by atoms with E-state index in [9.17, 15) is 4.79 Å². The van der Waals surface area contributed by atoms with Crippen molar-refractivity contribution in [2.24, 2.45) is 11.8 Å². The zero-order chi connectivity index (χ0) is 19.5. The van der Waals surface area contributed by atoms with Crippen molar-refractivity contribution in [2.75, 3.05) is 13.2 Å². The van der Waals surface area contributed by atoms with Crippen molar-refractivity contribution in [1.82, 2.24) is 0 Å². The fraction of sp³-hybridized carbons (Fsp3) is 0.913. The molecule has 26 heavy (non-hydrogen) atoms. The summed E-state index contributed by atoms with van der Waals surface area (Å²) in [6.45, 7) is 8.44. The number of aliphatic hydroxyl groups excluding tert-OH is 1. The average Bonchev–Trinajstić information content (AvgIpc) is 2.64. The molecule has 1 N–H and O–H groups in total. The quantitative estimate of drug-likeness (QED) is 0.209. The maximum atomic E-state index is 12.1. The molecule has 3 heteroatoms. The third-order valence-electron chi connectivity index (χ3n) is 5.13. The van der Waals surface area contributed by atoms with E-state index in [4.69, 9.17) is 9.84 Å². The molecule has 0 aliphatic rings. The molecular weight excluding hydrogens is 324 g/mol. The van der Waals surface area contributed by atoms with Crippen molar-refractivity contribution in [2.45, 2.75) is 110 Å². The van der Waals surface area contributed by atoms with E-state index in [2.05, 4.69) is 20.8 Å². The first-order valence-corrected chi connectivity index (χ1v) is 11.2. The first-order chi connectivity index (χ1) is 12.6. The van der Waals surface area contributed by atoms with Crippen LogP contribution in [0.15, 0.2) is 0 Å². The van der Waals surface area contributed by atoms with Crippen LogP contribution in [-0.2, 0) is 9.53 Å². The van der Waals surface area contributed by atoms with E-state index < -0.39 is 0 Å². The Hall–Kier alpha value is -0.570. The molecule has 0 aliphatic carbocycles. The number of hydrogen-bond donors (Lipinski definition) is 1. The van der Waals surface area contributed by atoms with Gasteiger partial charge in [-0.25, -0.2) is 0 Å². The van der Waals surface area contributed by atoms with Crippen molar-refractivity contribution >= 4 is 5.97 Å². The Kier molecular flexibility index (Phi) is 18.8. The van der Waals surface area contributed by atoms with Crippen LogP contribution in [0.5, 0.6) is 0 Å². The number of ether oxygens (including phenoxy) is 1. The lowest BCUT2D eigenvalue weighted by Crippen LogP contribution is -2.17. The van der Waals surface area contributed by atoms with Crippen LogP contribution in [-0.4, -0.2) is 24.3 Å². The molecule has 0 fully saturated rings. The van der Waals surface area contributed by atoms with Crippen molar-refractivity contribution in [3.8, 4) is 0 Å². The van der Waals surface area contributed by atoms with Crippen LogP contribution in [0.3, 0.4) is 0 Å². The van der Waals surface area contributed by atoms with Gasteiger partial charge in [-0.15, -0.1) is 0 Å². The highest BCUT2D eigenvalue weighted by molar-refractivity contribution is 5.69. The van der Waals surface area contributed by atoms with Crippen LogP contribution in [0.25, 0.3) is 0 Å². The maximum Gasteiger partial charge on any atom is 0.306 e. The van der Waals surface area contributed by atoms with Gasteiger partial charge in [0.2, 0.25) is 0 Å². The minimum atomic E-state index is -0.213. The number of esters is 1. The molecular formula is C23H45O3. The topological polar surface area (TPSA) is 46.5 Å². The average molecular weight is 370 g/mol. The Labute approximate surface area is 163 Å². The molecule has 1 atom stereocenters. The minimum absolute atomic E-state index is 0.0355. The number of hydrogen-bond acceptors (Lipinski definition) is 3. The molecule has 0 aromatic heterocycles. The second-order valence-corrected chi connectivity index (χ2v) is 7.91. The SMILES string of the molecule is [CH2]C(CO)COC(=O)CC(CCCCCCCC)CCCCCCCC. The van der Waals surface area contributed by atoms with Gasteiger partial charge in [-0.2, -0.15) is 0 Å². The van der Waals surface area contributed by atoms with Gasteiger partial charge in [0.25, 0.3) is 0 Å². The zero-order valence-electron chi connectivity index (χ0n) is 17.6. The first kappa shape index (κ1) is 25.4. The lowest BCUT2D eigenvalue weighted by atomic mass is 9.91. The Morgan fingerprint density at radius 1 is 0.846 bits per heavy atom. The predicted octanol–water partition coefficient (Wildman–Crippen LogP) is 6.48. The molecule has 0 aliphatic heterocycles. The summed E-state index contributed by atoms with van der Waals surface area (Å²) in [5.74, 6) is 0.126. The largest absolute Gasteiger partial charge is 0.465 e. The van der Waals surface area contributed by atoms with Crippen LogP contribution in [0, 0.1) is 18.8 Å². The van der Waals surface area contributed by atoms with E-state index in [1.54, 1.807) is 0 Å². The summed E-state index contributed by atoms with van der Waals surface area (Å²) in [5, 5.41) is 8.99. The molecule has 0 rings (SSSR count). The van der Waals surface area contributed by atoms with Gasteiger partial charge in [0.15, 0.2) is 0 Å². The van der Waals surface area contributed by atoms with Gasteiger partial charge in [-0.3, -0.25) is 4.79 Å². The predicted molar refractivity (Wildman–Crippen MR) is 111 cm³/mol. The first-order valence-electron chi connectivity index (χ1n) is 11.2. The molecule has 0 spiro atoms. The summed E-state index contributed by atoms with van der Waals surface area (Å²) in [6, 6.07) is 0. The second kappa shape index (κ2) is 19.2. The van der Waals surface area contributed by atoms with E-state index in [0.717, 1.165) is 12.8 Å².